The molecule has 3 heteroatoms. The predicted molar refractivity (Wildman–Crippen MR) is 117 cm³/mol. The van der Waals surface area contributed by atoms with Gasteiger partial charge in [-0.3, -0.25) is 4.79 Å². The SMILES string of the molecule is C/C(=C\CBr)CC/C=C(\C)COCc1cccc(C(=O)c2ccccc2)c1. The fourth-order valence-corrected chi connectivity index (χ4v) is 3.28. The Balaban J connectivity index is 1.84. The first kappa shape index (κ1) is 21.3. The van der Waals surface area contributed by atoms with Crippen LogP contribution in [0.1, 0.15) is 48.2 Å². The van der Waals surface area contributed by atoms with Gasteiger partial charge in [0.1, 0.15) is 0 Å². The van der Waals surface area contributed by atoms with E-state index in [0.29, 0.717) is 24.3 Å². The standard InChI is InChI=1S/C24H27BrO2/c1-19(14-15-25)8-6-9-20(2)17-27-18-21-10-7-13-23(16-21)24(26)22-11-4-3-5-12-22/h3-5,7,9-14,16H,6,8,15,17-18H2,1-2H3/b19-14+,20-9+. The second kappa shape index (κ2) is 11.7. The third kappa shape index (κ3) is 7.66. The van der Waals surface area contributed by atoms with Gasteiger partial charge in [-0.05, 0) is 38.3 Å². The third-order valence-electron chi connectivity index (χ3n) is 4.28. The summed E-state index contributed by atoms with van der Waals surface area (Å²) >= 11 is 3.42. The number of carbonyl (C=O) groups is 1. The van der Waals surface area contributed by atoms with Crippen LogP contribution in [-0.2, 0) is 11.3 Å². The molecule has 0 amide bonds. The molecule has 0 bridgehead atoms. The van der Waals surface area contributed by atoms with Gasteiger partial charge in [-0.2, -0.15) is 0 Å². The van der Waals surface area contributed by atoms with E-state index in [1.54, 1.807) is 0 Å². The molecule has 0 unspecified atom stereocenters. The summed E-state index contributed by atoms with van der Waals surface area (Å²) in [5.74, 6) is 0.0421. The molecule has 2 rings (SSSR count). The van der Waals surface area contributed by atoms with Gasteiger partial charge < -0.3 is 4.74 Å². The molecule has 2 nitrogen and oxygen atoms in total. The summed E-state index contributed by atoms with van der Waals surface area (Å²) in [6, 6.07) is 17.0. The van der Waals surface area contributed by atoms with Gasteiger partial charge in [0.05, 0.1) is 13.2 Å². The van der Waals surface area contributed by atoms with E-state index >= 15 is 0 Å². The second-order valence-electron chi connectivity index (χ2n) is 6.68. The number of rotatable bonds is 10. The summed E-state index contributed by atoms with van der Waals surface area (Å²) in [5.41, 5.74) is 5.05. The first-order valence-corrected chi connectivity index (χ1v) is 10.4. The van der Waals surface area contributed by atoms with E-state index < -0.39 is 0 Å². The van der Waals surface area contributed by atoms with E-state index in [1.807, 2.05) is 54.6 Å². The number of carbonyl (C=O) groups excluding carboxylic acids is 1. The Morgan fingerprint density at radius 1 is 0.963 bits per heavy atom. The minimum Gasteiger partial charge on any atom is -0.372 e. The van der Waals surface area contributed by atoms with Gasteiger partial charge in [0, 0.05) is 16.5 Å². The average Bonchev–Trinajstić information content (AvgIpc) is 2.68. The van der Waals surface area contributed by atoms with Gasteiger partial charge in [-0.25, -0.2) is 0 Å². The number of alkyl halides is 1. The van der Waals surface area contributed by atoms with Crippen molar-refractivity contribution < 1.29 is 9.53 Å². The minimum atomic E-state index is 0.0421. The molecule has 2 aromatic rings. The predicted octanol–water partition coefficient (Wildman–Crippen LogP) is 6.50. The number of allylic oxidation sites excluding steroid dienone is 3. The topological polar surface area (TPSA) is 26.3 Å². The fourth-order valence-electron chi connectivity index (χ4n) is 2.73. The largest absolute Gasteiger partial charge is 0.372 e. The van der Waals surface area contributed by atoms with Crippen LogP contribution in [0, 0.1) is 0 Å². The maximum absolute atomic E-state index is 12.5. The Morgan fingerprint density at radius 3 is 2.44 bits per heavy atom. The maximum atomic E-state index is 12.5. The highest BCUT2D eigenvalue weighted by Gasteiger charge is 2.08. The zero-order valence-corrected chi connectivity index (χ0v) is 17.7. The lowest BCUT2D eigenvalue weighted by Crippen LogP contribution is -2.03. The molecular formula is C24H27BrO2. The van der Waals surface area contributed by atoms with Crippen LogP contribution in [0.2, 0.25) is 0 Å². The van der Waals surface area contributed by atoms with E-state index in [1.165, 1.54) is 11.1 Å². The van der Waals surface area contributed by atoms with E-state index in [-0.39, 0.29) is 5.78 Å². The lowest BCUT2D eigenvalue weighted by Gasteiger charge is -2.07. The maximum Gasteiger partial charge on any atom is 0.193 e. The molecule has 27 heavy (non-hydrogen) atoms. The molecule has 0 saturated carbocycles. The monoisotopic (exact) mass is 426 g/mol. The second-order valence-corrected chi connectivity index (χ2v) is 7.33. The number of halogens is 1. The molecule has 0 aliphatic rings. The number of hydrogen-bond donors (Lipinski definition) is 0. The molecule has 0 heterocycles. The van der Waals surface area contributed by atoms with Crippen LogP contribution in [-0.4, -0.2) is 17.7 Å². The van der Waals surface area contributed by atoms with E-state index in [4.69, 9.17) is 4.74 Å². The molecule has 142 valence electrons. The molecule has 2 aromatic carbocycles. The number of ether oxygens (including phenoxy) is 1. The van der Waals surface area contributed by atoms with Crippen LogP contribution in [0.4, 0.5) is 0 Å². The molecule has 0 fully saturated rings. The number of ketones is 1. The Bertz CT molecular complexity index is 791. The number of hydrogen-bond acceptors (Lipinski definition) is 2. The lowest BCUT2D eigenvalue weighted by molar-refractivity contribution is 0.103. The summed E-state index contributed by atoms with van der Waals surface area (Å²) in [7, 11) is 0. The van der Waals surface area contributed by atoms with Crippen molar-refractivity contribution in [3.05, 3.63) is 94.6 Å². The van der Waals surface area contributed by atoms with Crippen LogP contribution in [0.3, 0.4) is 0 Å². The molecule has 0 radical (unpaired) electrons. The molecule has 0 aromatic heterocycles. The van der Waals surface area contributed by atoms with Crippen molar-refractivity contribution in [1.29, 1.82) is 0 Å². The minimum absolute atomic E-state index is 0.0421. The van der Waals surface area contributed by atoms with Crippen molar-refractivity contribution >= 4 is 21.7 Å². The van der Waals surface area contributed by atoms with E-state index in [9.17, 15) is 4.79 Å². The van der Waals surface area contributed by atoms with Gasteiger partial charge in [0.25, 0.3) is 0 Å². The third-order valence-corrected chi connectivity index (χ3v) is 4.60. The van der Waals surface area contributed by atoms with Gasteiger partial charge in [-0.15, -0.1) is 0 Å². The number of benzene rings is 2. The van der Waals surface area contributed by atoms with E-state index in [2.05, 4.69) is 41.9 Å². The summed E-state index contributed by atoms with van der Waals surface area (Å²) in [4.78, 5) is 12.5. The zero-order valence-electron chi connectivity index (χ0n) is 16.1. The van der Waals surface area contributed by atoms with Crippen molar-refractivity contribution in [2.45, 2.75) is 33.3 Å². The van der Waals surface area contributed by atoms with Gasteiger partial charge in [0.15, 0.2) is 5.78 Å². The lowest BCUT2D eigenvalue weighted by atomic mass is 10.0. The first-order chi connectivity index (χ1) is 13.1. The summed E-state index contributed by atoms with van der Waals surface area (Å²) in [5, 5.41) is 0.913. The van der Waals surface area contributed by atoms with Gasteiger partial charge in [0.2, 0.25) is 0 Å². The highest BCUT2D eigenvalue weighted by molar-refractivity contribution is 9.09. The highest BCUT2D eigenvalue weighted by atomic mass is 79.9. The molecule has 0 N–H and O–H groups in total. The summed E-state index contributed by atoms with van der Waals surface area (Å²) < 4.78 is 5.83. The van der Waals surface area contributed by atoms with Crippen LogP contribution in [0.5, 0.6) is 0 Å². The molecule has 0 spiro atoms. The van der Waals surface area contributed by atoms with Crippen LogP contribution < -0.4 is 0 Å². The van der Waals surface area contributed by atoms with Crippen LogP contribution >= 0.6 is 15.9 Å². The quantitative estimate of drug-likeness (QED) is 0.246. The van der Waals surface area contributed by atoms with Crippen LogP contribution in [0.15, 0.2) is 77.9 Å². The summed E-state index contributed by atoms with van der Waals surface area (Å²) in [6.07, 6.45) is 6.54. The first-order valence-electron chi connectivity index (χ1n) is 9.24. The highest BCUT2D eigenvalue weighted by Crippen LogP contribution is 2.13. The van der Waals surface area contributed by atoms with Gasteiger partial charge >= 0.3 is 0 Å². The Labute approximate surface area is 171 Å². The Hall–Kier alpha value is -1.97. The van der Waals surface area contributed by atoms with E-state index in [0.717, 1.165) is 23.7 Å². The van der Waals surface area contributed by atoms with Crippen molar-refractivity contribution in [2.75, 3.05) is 11.9 Å². The van der Waals surface area contributed by atoms with Crippen molar-refractivity contribution in [1.82, 2.24) is 0 Å². The normalized spacial score (nSPS) is 12.3. The van der Waals surface area contributed by atoms with Crippen molar-refractivity contribution in [3.8, 4) is 0 Å². The smallest absolute Gasteiger partial charge is 0.193 e. The van der Waals surface area contributed by atoms with Crippen LogP contribution in [0.25, 0.3) is 0 Å². The molecule has 0 saturated heterocycles. The fraction of sp³-hybridized carbons (Fsp3) is 0.292. The molecule has 0 aliphatic heterocycles. The Kier molecular flexibility index (Phi) is 9.23. The Morgan fingerprint density at radius 2 is 1.70 bits per heavy atom. The molecular weight excluding hydrogens is 400 g/mol. The summed E-state index contributed by atoms with van der Waals surface area (Å²) in [6.45, 7) is 5.37. The van der Waals surface area contributed by atoms with Crippen molar-refractivity contribution in [2.24, 2.45) is 0 Å². The molecule has 0 atom stereocenters. The van der Waals surface area contributed by atoms with Gasteiger partial charge in [-0.1, -0.05) is 87.8 Å². The van der Waals surface area contributed by atoms with Crippen molar-refractivity contribution in [3.63, 3.8) is 0 Å². The molecule has 0 aliphatic carbocycles. The zero-order chi connectivity index (χ0) is 19.5. The average molecular weight is 427 g/mol.